The Morgan fingerprint density at radius 3 is 2.33 bits per heavy atom. The summed E-state index contributed by atoms with van der Waals surface area (Å²) in [6.45, 7) is 0. The molecule has 0 spiro atoms. The smallest absolute Gasteiger partial charge is 0.175 e. The summed E-state index contributed by atoms with van der Waals surface area (Å²) in [5, 5.41) is 9.42. The molecule has 6 heteroatoms. The molecule has 2 rings (SSSR count). The van der Waals surface area contributed by atoms with Crippen molar-refractivity contribution in [3.05, 3.63) is 24.3 Å². The predicted molar refractivity (Wildman–Crippen MR) is 65.4 cm³/mol. The molecule has 0 bridgehead atoms. The zero-order valence-corrected chi connectivity index (χ0v) is 11.1. The first kappa shape index (κ1) is 13.3. The van der Waals surface area contributed by atoms with Gasteiger partial charge >= 0.3 is 0 Å². The highest BCUT2D eigenvalue weighted by molar-refractivity contribution is 7.90. The van der Waals surface area contributed by atoms with Crippen LogP contribution in [0.5, 0.6) is 5.75 Å². The zero-order valence-electron chi connectivity index (χ0n) is 10.2. The molecular formula is C12H16O5S. The third-order valence-corrected chi connectivity index (χ3v) is 4.16. The standard InChI is InChI=1S/C12H16O5S/c1-16-12-10(13)7-11(12)17-8-3-5-9(6-4-8)18(2,14)15/h3-6,10-13H,7H2,1-2H3. The van der Waals surface area contributed by atoms with E-state index < -0.39 is 15.9 Å². The molecule has 18 heavy (non-hydrogen) atoms. The number of hydrogen-bond donors (Lipinski definition) is 1. The molecule has 0 saturated heterocycles. The van der Waals surface area contributed by atoms with Crippen LogP contribution in [-0.2, 0) is 14.6 Å². The second-order valence-electron chi connectivity index (χ2n) is 4.40. The molecule has 0 aromatic heterocycles. The van der Waals surface area contributed by atoms with Gasteiger partial charge in [-0.25, -0.2) is 8.42 Å². The minimum absolute atomic E-state index is 0.186. The van der Waals surface area contributed by atoms with Gasteiger partial charge < -0.3 is 14.6 Å². The van der Waals surface area contributed by atoms with Crippen molar-refractivity contribution in [2.24, 2.45) is 0 Å². The summed E-state index contributed by atoms with van der Waals surface area (Å²) >= 11 is 0. The van der Waals surface area contributed by atoms with Crippen molar-refractivity contribution in [2.45, 2.75) is 29.6 Å². The molecular weight excluding hydrogens is 256 g/mol. The first-order valence-electron chi connectivity index (χ1n) is 5.59. The molecule has 5 nitrogen and oxygen atoms in total. The average Bonchev–Trinajstić information content (AvgIpc) is 2.28. The van der Waals surface area contributed by atoms with Crippen LogP contribution in [0.25, 0.3) is 0 Å². The van der Waals surface area contributed by atoms with E-state index in [0.29, 0.717) is 12.2 Å². The lowest BCUT2D eigenvalue weighted by atomic mass is 9.88. The van der Waals surface area contributed by atoms with E-state index in [0.717, 1.165) is 6.26 Å². The Kier molecular flexibility index (Phi) is 3.61. The number of methoxy groups -OCH3 is 1. The number of sulfone groups is 1. The van der Waals surface area contributed by atoms with Crippen LogP contribution in [0.4, 0.5) is 0 Å². The molecule has 1 fully saturated rings. The van der Waals surface area contributed by atoms with E-state index in [1.54, 1.807) is 12.1 Å². The lowest BCUT2D eigenvalue weighted by Crippen LogP contribution is -2.54. The van der Waals surface area contributed by atoms with Gasteiger partial charge in [-0.1, -0.05) is 0 Å². The molecule has 3 unspecified atom stereocenters. The van der Waals surface area contributed by atoms with Gasteiger partial charge in [-0.15, -0.1) is 0 Å². The summed E-state index contributed by atoms with van der Waals surface area (Å²) in [5.41, 5.74) is 0. The van der Waals surface area contributed by atoms with E-state index in [4.69, 9.17) is 9.47 Å². The van der Waals surface area contributed by atoms with E-state index in [2.05, 4.69) is 0 Å². The number of rotatable bonds is 4. The van der Waals surface area contributed by atoms with Crippen molar-refractivity contribution in [2.75, 3.05) is 13.4 Å². The topological polar surface area (TPSA) is 72.8 Å². The van der Waals surface area contributed by atoms with Gasteiger partial charge in [-0.05, 0) is 24.3 Å². The first-order chi connectivity index (χ1) is 8.41. The number of hydrogen-bond acceptors (Lipinski definition) is 5. The SMILES string of the molecule is COC1C(O)CC1Oc1ccc(S(C)(=O)=O)cc1. The summed E-state index contributed by atoms with van der Waals surface area (Å²) in [6, 6.07) is 6.21. The van der Waals surface area contributed by atoms with Crippen LogP contribution >= 0.6 is 0 Å². The second kappa shape index (κ2) is 4.87. The quantitative estimate of drug-likeness (QED) is 0.869. The van der Waals surface area contributed by atoms with E-state index in [1.165, 1.54) is 19.2 Å². The maximum absolute atomic E-state index is 11.3. The highest BCUT2D eigenvalue weighted by atomic mass is 32.2. The van der Waals surface area contributed by atoms with Gasteiger partial charge in [0.1, 0.15) is 18.0 Å². The average molecular weight is 272 g/mol. The van der Waals surface area contributed by atoms with Crippen molar-refractivity contribution < 1.29 is 23.0 Å². The third-order valence-electron chi connectivity index (χ3n) is 3.03. The fourth-order valence-electron chi connectivity index (χ4n) is 1.92. The zero-order chi connectivity index (χ0) is 13.3. The van der Waals surface area contributed by atoms with Gasteiger partial charge in [0.2, 0.25) is 0 Å². The highest BCUT2D eigenvalue weighted by Crippen LogP contribution is 2.29. The fraction of sp³-hybridized carbons (Fsp3) is 0.500. The van der Waals surface area contributed by atoms with Crippen molar-refractivity contribution in [1.82, 2.24) is 0 Å². The molecule has 1 aliphatic carbocycles. The Balaban J connectivity index is 2.04. The molecule has 1 aliphatic rings. The van der Waals surface area contributed by atoms with E-state index in [-0.39, 0.29) is 17.1 Å². The van der Waals surface area contributed by atoms with Crippen molar-refractivity contribution in [3.8, 4) is 5.75 Å². The normalized spacial score (nSPS) is 27.6. The summed E-state index contributed by atoms with van der Waals surface area (Å²) < 4.78 is 33.3. The van der Waals surface area contributed by atoms with Crippen LogP contribution in [0, 0.1) is 0 Å². The molecule has 1 saturated carbocycles. The number of aliphatic hydroxyl groups excluding tert-OH is 1. The van der Waals surface area contributed by atoms with Crippen LogP contribution < -0.4 is 4.74 Å². The van der Waals surface area contributed by atoms with Crippen molar-refractivity contribution in [1.29, 1.82) is 0 Å². The Labute approximate surface area is 106 Å². The van der Waals surface area contributed by atoms with Crippen LogP contribution in [0.15, 0.2) is 29.2 Å². The summed E-state index contributed by atoms with van der Waals surface area (Å²) in [7, 11) is -1.66. The molecule has 0 heterocycles. The Morgan fingerprint density at radius 1 is 1.28 bits per heavy atom. The lowest BCUT2D eigenvalue weighted by molar-refractivity contribution is -0.149. The van der Waals surface area contributed by atoms with Gasteiger partial charge in [0.15, 0.2) is 9.84 Å². The summed E-state index contributed by atoms with van der Waals surface area (Å²) in [5.74, 6) is 0.571. The summed E-state index contributed by atoms with van der Waals surface area (Å²) in [6.07, 6.45) is 0.683. The van der Waals surface area contributed by atoms with Crippen molar-refractivity contribution >= 4 is 9.84 Å². The van der Waals surface area contributed by atoms with E-state index in [9.17, 15) is 13.5 Å². The maximum atomic E-state index is 11.3. The Bertz CT molecular complexity index is 508. The van der Waals surface area contributed by atoms with E-state index >= 15 is 0 Å². The molecule has 100 valence electrons. The molecule has 1 aromatic rings. The van der Waals surface area contributed by atoms with Crippen LogP contribution in [0.1, 0.15) is 6.42 Å². The predicted octanol–water partition coefficient (Wildman–Crippen LogP) is 0.617. The van der Waals surface area contributed by atoms with Gasteiger partial charge in [-0.2, -0.15) is 0 Å². The molecule has 0 radical (unpaired) electrons. The fourth-order valence-corrected chi connectivity index (χ4v) is 2.55. The monoisotopic (exact) mass is 272 g/mol. The van der Waals surface area contributed by atoms with Gasteiger partial charge in [0.25, 0.3) is 0 Å². The molecule has 0 amide bonds. The molecule has 3 atom stereocenters. The van der Waals surface area contributed by atoms with Crippen LogP contribution in [0.3, 0.4) is 0 Å². The molecule has 0 aliphatic heterocycles. The number of benzene rings is 1. The minimum atomic E-state index is -3.18. The van der Waals surface area contributed by atoms with Gasteiger partial charge in [-0.3, -0.25) is 0 Å². The third kappa shape index (κ3) is 2.66. The largest absolute Gasteiger partial charge is 0.488 e. The van der Waals surface area contributed by atoms with Gasteiger partial charge in [0, 0.05) is 19.8 Å². The second-order valence-corrected chi connectivity index (χ2v) is 6.42. The van der Waals surface area contributed by atoms with E-state index in [1.807, 2.05) is 0 Å². The number of aliphatic hydroxyl groups is 1. The Morgan fingerprint density at radius 2 is 1.89 bits per heavy atom. The van der Waals surface area contributed by atoms with Crippen molar-refractivity contribution in [3.63, 3.8) is 0 Å². The lowest BCUT2D eigenvalue weighted by Gasteiger charge is -2.39. The molecule has 1 N–H and O–H groups in total. The van der Waals surface area contributed by atoms with Crippen LogP contribution in [0.2, 0.25) is 0 Å². The first-order valence-corrected chi connectivity index (χ1v) is 7.48. The Hall–Kier alpha value is -1.11. The summed E-state index contributed by atoms with van der Waals surface area (Å²) in [4.78, 5) is 0.256. The van der Waals surface area contributed by atoms with Gasteiger partial charge in [0.05, 0.1) is 11.0 Å². The minimum Gasteiger partial charge on any atom is -0.488 e. The maximum Gasteiger partial charge on any atom is 0.175 e. The van der Waals surface area contributed by atoms with Crippen LogP contribution in [-0.4, -0.2) is 45.2 Å². The number of ether oxygens (including phenoxy) is 2. The highest BCUT2D eigenvalue weighted by Gasteiger charge is 2.42. The molecule has 1 aromatic carbocycles.